The smallest absolute Gasteiger partial charge is 0.378 e. The molecule has 0 aromatic carbocycles. The summed E-state index contributed by atoms with van der Waals surface area (Å²) in [5, 5.41) is 13.2. The third kappa shape index (κ3) is 2.99. The van der Waals surface area contributed by atoms with Crippen LogP contribution in [0.2, 0.25) is 0 Å². The Morgan fingerprint density at radius 3 is 2.76 bits per heavy atom. The Bertz CT molecular complexity index is 403. The maximum Gasteiger partial charge on any atom is 0.378 e. The third-order valence-electron chi connectivity index (χ3n) is 2.05. The second-order valence-corrected chi connectivity index (χ2v) is 3.24. The van der Waals surface area contributed by atoms with Crippen molar-refractivity contribution in [1.82, 2.24) is 25.5 Å². The molecule has 1 unspecified atom stereocenters. The largest absolute Gasteiger partial charge is 0.460 e. The van der Waals surface area contributed by atoms with Crippen LogP contribution < -0.4 is 5.32 Å². The molecule has 0 aliphatic heterocycles. The van der Waals surface area contributed by atoms with Crippen molar-refractivity contribution < 1.29 is 14.3 Å². The number of ether oxygens (including phenoxy) is 1. The standard InChI is InChI=1S/C9H15N5O3/c1-4-10-8(15)6(3)14-7(11-12-13-14)9(16)17-5-2/h6H,4-5H2,1-3H3,(H,10,15). The van der Waals surface area contributed by atoms with Crippen molar-refractivity contribution in [3.8, 4) is 0 Å². The summed E-state index contributed by atoms with van der Waals surface area (Å²) < 4.78 is 5.92. The number of carbonyl (C=O) groups excluding carboxylic acids is 2. The van der Waals surface area contributed by atoms with E-state index in [-0.39, 0.29) is 18.3 Å². The maximum absolute atomic E-state index is 11.6. The lowest BCUT2D eigenvalue weighted by Crippen LogP contribution is -2.33. The average Bonchev–Trinajstić information content (AvgIpc) is 2.77. The first kappa shape index (κ1) is 13.1. The number of nitrogens with zero attached hydrogens (tertiary/aromatic N) is 4. The van der Waals surface area contributed by atoms with Gasteiger partial charge in [-0.05, 0) is 31.2 Å². The molecule has 0 saturated heterocycles. The van der Waals surface area contributed by atoms with Crippen molar-refractivity contribution in [3.63, 3.8) is 0 Å². The first-order chi connectivity index (χ1) is 8.11. The lowest BCUT2D eigenvalue weighted by atomic mass is 10.3. The Hall–Kier alpha value is -1.99. The van der Waals surface area contributed by atoms with Gasteiger partial charge >= 0.3 is 5.97 Å². The van der Waals surface area contributed by atoms with Crippen molar-refractivity contribution in [3.05, 3.63) is 5.82 Å². The summed E-state index contributed by atoms with van der Waals surface area (Å²) in [4.78, 5) is 23.1. The Morgan fingerprint density at radius 2 is 2.18 bits per heavy atom. The zero-order valence-electron chi connectivity index (χ0n) is 10.0. The fourth-order valence-electron chi connectivity index (χ4n) is 1.22. The number of amides is 1. The predicted molar refractivity (Wildman–Crippen MR) is 57.2 cm³/mol. The highest BCUT2D eigenvalue weighted by Crippen LogP contribution is 2.07. The molecule has 1 N–H and O–H groups in total. The van der Waals surface area contributed by atoms with Crippen LogP contribution in [0.5, 0.6) is 0 Å². The molecule has 0 fully saturated rings. The summed E-state index contributed by atoms with van der Waals surface area (Å²) in [7, 11) is 0. The van der Waals surface area contributed by atoms with Gasteiger partial charge < -0.3 is 10.1 Å². The van der Waals surface area contributed by atoms with Crippen LogP contribution in [0, 0.1) is 0 Å². The van der Waals surface area contributed by atoms with Gasteiger partial charge in [0.1, 0.15) is 6.04 Å². The van der Waals surface area contributed by atoms with E-state index in [1.807, 2.05) is 0 Å². The van der Waals surface area contributed by atoms with Crippen molar-refractivity contribution in [2.45, 2.75) is 26.8 Å². The van der Waals surface area contributed by atoms with Gasteiger partial charge in [0, 0.05) is 6.54 Å². The van der Waals surface area contributed by atoms with Gasteiger partial charge in [0.25, 0.3) is 5.82 Å². The van der Waals surface area contributed by atoms with Crippen molar-refractivity contribution >= 4 is 11.9 Å². The normalized spacial score (nSPS) is 11.9. The molecule has 17 heavy (non-hydrogen) atoms. The monoisotopic (exact) mass is 241 g/mol. The van der Waals surface area contributed by atoms with Crippen molar-refractivity contribution in [2.75, 3.05) is 13.2 Å². The third-order valence-corrected chi connectivity index (χ3v) is 2.05. The minimum Gasteiger partial charge on any atom is -0.460 e. The fourth-order valence-corrected chi connectivity index (χ4v) is 1.22. The summed E-state index contributed by atoms with van der Waals surface area (Å²) in [6.07, 6.45) is 0. The predicted octanol–water partition coefficient (Wildman–Crippen LogP) is -0.453. The van der Waals surface area contributed by atoms with E-state index in [4.69, 9.17) is 4.74 Å². The van der Waals surface area contributed by atoms with Gasteiger partial charge in [0.15, 0.2) is 0 Å². The van der Waals surface area contributed by atoms with Crippen molar-refractivity contribution in [1.29, 1.82) is 0 Å². The van der Waals surface area contributed by atoms with E-state index >= 15 is 0 Å². The molecule has 8 nitrogen and oxygen atoms in total. The minimum absolute atomic E-state index is 0.0781. The number of hydrogen-bond acceptors (Lipinski definition) is 6. The molecule has 0 bridgehead atoms. The van der Waals surface area contributed by atoms with Crippen LogP contribution in [-0.4, -0.2) is 45.2 Å². The highest BCUT2D eigenvalue weighted by atomic mass is 16.5. The van der Waals surface area contributed by atoms with E-state index < -0.39 is 12.0 Å². The molecule has 0 spiro atoms. The topological polar surface area (TPSA) is 99.0 Å². The summed E-state index contributed by atoms with van der Waals surface area (Å²) >= 11 is 0. The van der Waals surface area contributed by atoms with E-state index in [9.17, 15) is 9.59 Å². The van der Waals surface area contributed by atoms with Gasteiger partial charge in [0.05, 0.1) is 6.61 Å². The van der Waals surface area contributed by atoms with Crippen LogP contribution in [0.15, 0.2) is 0 Å². The van der Waals surface area contributed by atoms with Crippen LogP contribution in [0.25, 0.3) is 0 Å². The van der Waals surface area contributed by atoms with Crippen molar-refractivity contribution in [2.24, 2.45) is 0 Å². The quantitative estimate of drug-likeness (QED) is 0.701. The minimum atomic E-state index is -0.663. The number of rotatable bonds is 5. The Labute approximate surface area is 98.3 Å². The molecule has 8 heteroatoms. The molecular weight excluding hydrogens is 226 g/mol. The lowest BCUT2D eigenvalue weighted by Gasteiger charge is -2.11. The summed E-state index contributed by atoms with van der Waals surface area (Å²) in [5.74, 6) is -0.982. The van der Waals surface area contributed by atoms with Gasteiger partial charge in [0.2, 0.25) is 5.91 Å². The molecule has 0 aliphatic carbocycles. The Kier molecular flexibility index (Phi) is 4.56. The second kappa shape index (κ2) is 5.92. The summed E-state index contributed by atoms with van der Waals surface area (Å²) in [6, 6.07) is -0.663. The number of hydrogen-bond donors (Lipinski definition) is 1. The van der Waals surface area contributed by atoms with Gasteiger partial charge in [-0.15, -0.1) is 5.10 Å². The molecule has 0 radical (unpaired) electrons. The average molecular weight is 241 g/mol. The molecule has 1 heterocycles. The van der Waals surface area contributed by atoms with E-state index in [1.54, 1.807) is 20.8 Å². The Balaban J connectivity index is 2.87. The summed E-state index contributed by atoms with van der Waals surface area (Å²) in [6.45, 7) is 5.81. The zero-order chi connectivity index (χ0) is 12.8. The highest BCUT2D eigenvalue weighted by Gasteiger charge is 2.24. The van der Waals surface area contributed by atoms with Crippen LogP contribution >= 0.6 is 0 Å². The maximum atomic E-state index is 11.6. The molecule has 1 amide bonds. The number of carbonyl (C=O) groups is 2. The highest BCUT2D eigenvalue weighted by molar-refractivity contribution is 5.86. The first-order valence-corrected chi connectivity index (χ1v) is 5.34. The molecule has 94 valence electrons. The van der Waals surface area contributed by atoms with E-state index in [2.05, 4.69) is 20.8 Å². The first-order valence-electron chi connectivity index (χ1n) is 5.34. The number of likely N-dealkylation sites (N-methyl/N-ethyl adjacent to an activating group) is 1. The van der Waals surface area contributed by atoms with Crippen LogP contribution in [0.3, 0.4) is 0 Å². The molecule has 0 aliphatic rings. The van der Waals surface area contributed by atoms with Crippen LogP contribution in [-0.2, 0) is 9.53 Å². The van der Waals surface area contributed by atoms with Gasteiger partial charge in [-0.1, -0.05) is 0 Å². The number of esters is 1. The van der Waals surface area contributed by atoms with E-state index in [0.717, 1.165) is 4.68 Å². The number of aromatic nitrogens is 4. The summed E-state index contributed by atoms with van der Waals surface area (Å²) in [5.41, 5.74) is 0. The lowest BCUT2D eigenvalue weighted by molar-refractivity contribution is -0.124. The molecule has 1 rings (SSSR count). The fraction of sp³-hybridized carbons (Fsp3) is 0.667. The molecular formula is C9H15N5O3. The number of nitrogens with one attached hydrogen (secondary N) is 1. The van der Waals surface area contributed by atoms with Crippen LogP contribution in [0.4, 0.5) is 0 Å². The molecule has 1 aromatic rings. The van der Waals surface area contributed by atoms with Gasteiger partial charge in [-0.25, -0.2) is 9.48 Å². The SMILES string of the molecule is CCNC(=O)C(C)n1nnnc1C(=O)OCC. The van der Waals surface area contributed by atoms with E-state index in [0.29, 0.717) is 6.54 Å². The number of tetrazole rings is 1. The zero-order valence-corrected chi connectivity index (χ0v) is 10.0. The van der Waals surface area contributed by atoms with Gasteiger partial charge in [-0.3, -0.25) is 4.79 Å². The van der Waals surface area contributed by atoms with Gasteiger partial charge in [-0.2, -0.15) is 0 Å². The Morgan fingerprint density at radius 1 is 1.47 bits per heavy atom. The van der Waals surface area contributed by atoms with Crippen LogP contribution in [0.1, 0.15) is 37.4 Å². The molecule has 1 atom stereocenters. The second-order valence-electron chi connectivity index (χ2n) is 3.24. The van der Waals surface area contributed by atoms with E-state index in [1.165, 1.54) is 0 Å². The molecule has 0 saturated carbocycles. The molecule has 1 aromatic heterocycles.